The van der Waals surface area contributed by atoms with Crippen molar-refractivity contribution >= 4 is 33.9 Å². The molecule has 1 aromatic heterocycles. The molecule has 0 aliphatic heterocycles. The van der Waals surface area contributed by atoms with E-state index in [1.807, 2.05) is 12.1 Å². The molecule has 2 aromatic rings. The summed E-state index contributed by atoms with van der Waals surface area (Å²) >= 11 is 6.02. The second-order valence-corrected chi connectivity index (χ2v) is 4.47. The molecule has 0 spiro atoms. The number of rotatable bonds is 4. The topological polar surface area (TPSA) is 50.9 Å². The molecule has 0 bridgehead atoms. The molecule has 90 valence electrons. The van der Waals surface area contributed by atoms with Crippen LogP contribution in [0.2, 0.25) is 5.02 Å². The van der Waals surface area contributed by atoms with Crippen LogP contribution in [0.25, 0.3) is 10.8 Å². The van der Waals surface area contributed by atoms with Crippen LogP contribution < -0.4 is 11.1 Å². The zero-order valence-electron chi connectivity index (χ0n) is 9.83. The molecular weight excluding hydrogens is 234 g/mol. The Hall–Kier alpha value is -1.48. The van der Waals surface area contributed by atoms with Crippen LogP contribution in [-0.2, 0) is 0 Å². The summed E-state index contributed by atoms with van der Waals surface area (Å²) in [4.78, 5) is 4.34. The van der Waals surface area contributed by atoms with Crippen molar-refractivity contribution in [3.05, 3.63) is 29.4 Å². The van der Waals surface area contributed by atoms with Crippen LogP contribution >= 0.6 is 11.6 Å². The van der Waals surface area contributed by atoms with Gasteiger partial charge in [0.1, 0.15) is 5.82 Å². The van der Waals surface area contributed by atoms with E-state index in [0.717, 1.165) is 36.0 Å². The second-order valence-electron chi connectivity index (χ2n) is 4.03. The Balaban J connectivity index is 2.42. The fourth-order valence-electron chi connectivity index (χ4n) is 1.80. The molecule has 0 radical (unpaired) electrons. The highest BCUT2D eigenvalue weighted by molar-refractivity contribution is 6.32. The highest BCUT2D eigenvalue weighted by atomic mass is 35.5. The zero-order valence-corrected chi connectivity index (χ0v) is 10.6. The monoisotopic (exact) mass is 249 g/mol. The molecule has 0 aliphatic rings. The number of pyridine rings is 1. The van der Waals surface area contributed by atoms with Crippen molar-refractivity contribution in [3.63, 3.8) is 0 Å². The maximum Gasteiger partial charge on any atom is 0.133 e. The number of unbranched alkanes of at least 4 members (excludes halogenated alkanes) is 1. The van der Waals surface area contributed by atoms with Crippen LogP contribution in [0.15, 0.2) is 24.4 Å². The van der Waals surface area contributed by atoms with E-state index in [2.05, 4.69) is 17.2 Å². The van der Waals surface area contributed by atoms with Crippen molar-refractivity contribution in [1.29, 1.82) is 0 Å². The number of anilines is 2. The average Bonchev–Trinajstić information content (AvgIpc) is 2.30. The minimum atomic E-state index is 0.640. The van der Waals surface area contributed by atoms with Crippen LogP contribution in [0.4, 0.5) is 11.5 Å². The van der Waals surface area contributed by atoms with Crippen LogP contribution in [-0.4, -0.2) is 11.5 Å². The predicted molar refractivity (Wildman–Crippen MR) is 74.6 cm³/mol. The minimum absolute atomic E-state index is 0.640. The summed E-state index contributed by atoms with van der Waals surface area (Å²) in [6.07, 6.45) is 4.04. The van der Waals surface area contributed by atoms with E-state index in [-0.39, 0.29) is 0 Å². The molecule has 1 aromatic carbocycles. The lowest BCUT2D eigenvalue weighted by molar-refractivity contribution is 0.832. The smallest absolute Gasteiger partial charge is 0.133 e. The third-order valence-electron chi connectivity index (χ3n) is 2.70. The van der Waals surface area contributed by atoms with E-state index in [0.29, 0.717) is 10.7 Å². The lowest BCUT2D eigenvalue weighted by atomic mass is 10.1. The largest absolute Gasteiger partial charge is 0.398 e. The number of aromatic nitrogens is 1. The first-order valence-corrected chi connectivity index (χ1v) is 6.17. The molecular formula is C13H16ClN3. The molecule has 17 heavy (non-hydrogen) atoms. The molecule has 2 rings (SSSR count). The number of nitrogens with zero attached hydrogens (tertiary/aromatic N) is 1. The summed E-state index contributed by atoms with van der Waals surface area (Å²) in [6.45, 7) is 3.07. The van der Waals surface area contributed by atoms with Crippen molar-refractivity contribution in [2.45, 2.75) is 19.8 Å². The van der Waals surface area contributed by atoms with Crippen molar-refractivity contribution in [3.8, 4) is 0 Å². The first-order valence-electron chi connectivity index (χ1n) is 5.80. The van der Waals surface area contributed by atoms with Gasteiger partial charge in [0.2, 0.25) is 0 Å². The number of hydrogen-bond acceptors (Lipinski definition) is 3. The summed E-state index contributed by atoms with van der Waals surface area (Å²) in [5, 5.41) is 5.93. The Morgan fingerprint density at radius 1 is 1.35 bits per heavy atom. The molecule has 0 atom stereocenters. The number of nitrogens with two attached hydrogens (primary N) is 1. The number of nitrogen functional groups attached to an aromatic ring is 1. The molecule has 0 unspecified atom stereocenters. The van der Waals surface area contributed by atoms with Gasteiger partial charge in [0.05, 0.1) is 0 Å². The van der Waals surface area contributed by atoms with Gasteiger partial charge in [-0.3, -0.25) is 0 Å². The number of benzene rings is 1. The van der Waals surface area contributed by atoms with Gasteiger partial charge in [-0.15, -0.1) is 0 Å². The van der Waals surface area contributed by atoms with Crippen molar-refractivity contribution in [1.82, 2.24) is 4.98 Å². The fourth-order valence-corrected chi connectivity index (χ4v) is 2.03. The third kappa shape index (κ3) is 2.61. The Morgan fingerprint density at radius 3 is 2.94 bits per heavy atom. The maximum absolute atomic E-state index is 6.02. The summed E-state index contributed by atoms with van der Waals surface area (Å²) in [6, 6.07) is 5.57. The molecule has 0 aliphatic carbocycles. The van der Waals surface area contributed by atoms with E-state index in [1.54, 1.807) is 12.3 Å². The summed E-state index contributed by atoms with van der Waals surface area (Å²) < 4.78 is 0. The SMILES string of the molecule is CCCCNc1nccc2c(N)cc(Cl)cc12. The van der Waals surface area contributed by atoms with Gasteiger partial charge in [-0.2, -0.15) is 0 Å². The maximum atomic E-state index is 6.02. The number of halogens is 1. The Kier molecular flexibility index (Phi) is 3.69. The Morgan fingerprint density at radius 2 is 2.18 bits per heavy atom. The van der Waals surface area contributed by atoms with Gasteiger partial charge in [0.15, 0.2) is 0 Å². The predicted octanol–water partition coefficient (Wildman–Crippen LogP) is 3.68. The zero-order chi connectivity index (χ0) is 12.3. The van der Waals surface area contributed by atoms with Crippen LogP contribution in [0.3, 0.4) is 0 Å². The lowest BCUT2D eigenvalue weighted by Gasteiger charge is -2.10. The van der Waals surface area contributed by atoms with Crippen molar-refractivity contribution < 1.29 is 0 Å². The van der Waals surface area contributed by atoms with Crippen molar-refractivity contribution in [2.75, 3.05) is 17.6 Å². The van der Waals surface area contributed by atoms with Crippen LogP contribution in [0, 0.1) is 0 Å². The molecule has 0 saturated heterocycles. The average molecular weight is 250 g/mol. The van der Waals surface area contributed by atoms with Gasteiger partial charge in [-0.05, 0) is 24.6 Å². The molecule has 4 heteroatoms. The summed E-state index contributed by atoms with van der Waals surface area (Å²) in [7, 11) is 0. The third-order valence-corrected chi connectivity index (χ3v) is 2.92. The van der Waals surface area contributed by atoms with Gasteiger partial charge >= 0.3 is 0 Å². The van der Waals surface area contributed by atoms with Crippen LogP contribution in [0.5, 0.6) is 0 Å². The first kappa shape index (κ1) is 12.0. The fraction of sp³-hybridized carbons (Fsp3) is 0.308. The normalized spacial score (nSPS) is 10.7. The summed E-state index contributed by atoms with van der Waals surface area (Å²) in [5.41, 5.74) is 6.63. The molecule has 0 saturated carbocycles. The Bertz CT molecular complexity index is 525. The van der Waals surface area contributed by atoms with E-state index in [1.165, 1.54) is 0 Å². The first-order chi connectivity index (χ1) is 8.22. The number of hydrogen-bond donors (Lipinski definition) is 2. The van der Waals surface area contributed by atoms with Gasteiger partial charge in [0, 0.05) is 34.2 Å². The standard InChI is InChI=1S/C13H16ClN3/c1-2-3-5-16-13-11-7-9(14)8-12(15)10(11)4-6-17-13/h4,6-8H,2-3,5,15H2,1H3,(H,16,17). The van der Waals surface area contributed by atoms with Gasteiger partial charge in [-0.25, -0.2) is 4.98 Å². The van der Waals surface area contributed by atoms with E-state index < -0.39 is 0 Å². The van der Waals surface area contributed by atoms with E-state index in [4.69, 9.17) is 17.3 Å². The lowest BCUT2D eigenvalue weighted by Crippen LogP contribution is -2.03. The quantitative estimate of drug-likeness (QED) is 0.642. The molecule has 0 amide bonds. The number of fused-ring (bicyclic) bond motifs is 1. The van der Waals surface area contributed by atoms with Gasteiger partial charge < -0.3 is 11.1 Å². The van der Waals surface area contributed by atoms with E-state index >= 15 is 0 Å². The Labute approximate surface area is 106 Å². The van der Waals surface area contributed by atoms with Gasteiger partial charge in [-0.1, -0.05) is 24.9 Å². The number of nitrogens with one attached hydrogen (secondary N) is 1. The minimum Gasteiger partial charge on any atom is -0.398 e. The molecule has 3 nitrogen and oxygen atoms in total. The highest BCUT2D eigenvalue weighted by Gasteiger charge is 2.05. The molecule has 1 heterocycles. The van der Waals surface area contributed by atoms with Gasteiger partial charge in [0.25, 0.3) is 0 Å². The van der Waals surface area contributed by atoms with Crippen molar-refractivity contribution in [2.24, 2.45) is 0 Å². The molecule has 3 N–H and O–H groups in total. The second kappa shape index (κ2) is 5.23. The highest BCUT2D eigenvalue weighted by Crippen LogP contribution is 2.29. The van der Waals surface area contributed by atoms with Crippen LogP contribution in [0.1, 0.15) is 19.8 Å². The molecule has 0 fully saturated rings. The van der Waals surface area contributed by atoms with E-state index in [9.17, 15) is 0 Å². The summed E-state index contributed by atoms with van der Waals surface area (Å²) in [5.74, 6) is 0.852.